The number of benzene rings is 2. The number of hydrogen-bond donors (Lipinski definition) is 2. The molecule has 3 N–H and O–H groups in total. The van der Waals surface area contributed by atoms with Gasteiger partial charge in [-0.25, -0.2) is 8.78 Å². The Kier molecular flexibility index (Phi) is 8.00. The van der Waals surface area contributed by atoms with E-state index in [1.807, 2.05) is 24.3 Å². The summed E-state index contributed by atoms with van der Waals surface area (Å²) in [6, 6.07) is 11.4. The van der Waals surface area contributed by atoms with E-state index in [0.29, 0.717) is 5.92 Å². The molecule has 6 heteroatoms. The fourth-order valence-electron chi connectivity index (χ4n) is 2.39. The minimum absolute atomic E-state index is 0. The zero-order valence-electron chi connectivity index (χ0n) is 14.3. The number of carbonyl (C=O) groups excluding carboxylic acids is 1. The molecule has 1 unspecified atom stereocenters. The summed E-state index contributed by atoms with van der Waals surface area (Å²) >= 11 is 0. The number of hydrogen-bond acceptors (Lipinski definition) is 2. The lowest BCUT2D eigenvalue weighted by Gasteiger charge is -2.15. The third-order valence-electron chi connectivity index (χ3n) is 3.93. The van der Waals surface area contributed by atoms with Crippen molar-refractivity contribution >= 4 is 18.3 Å². The fraction of sp³-hybridized carbons (Fsp3) is 0.316. The molecule has 0 aliphatic heterocycles. The largest absolute Gasteiger partial charge is 0.354 e. The van der Waals surface area contributed by atoms with Gasteiger partial charge in [-0.15, -0.1) is 12.4 Å². The van der Waals surface area contributed by atoms with Gasteiger partial charge in [0.2, 0.25) is 5.91 Å². The molecule has 2 rings (SSSR count). The van der Waals surface area contributed by atoms with Crippen LogP contribution >= 0.6 is 12.4 Å². The molecule has 25 heavy (non-hydrogen) atoms. The third-order valence-corrected chi connectivity index (χ3v) is 3.93. The Bertz CT molecular complexity index is 705. The van der Waals surface area contributed by atoms with Crippen LogP contribution in [0, 0.1) is 11.6 Å². The van der Waals surface area contributed by atoms with Gasteiger partial charge in [0.25, 0.3) is 0 Å². The maximum Gasteiger partial charge on any atom is 0.224 e. The summed E-state index contributed by atoms with van der Waals surface area (Å²) in [5.74, 6) is -1.90. The second-order valence-corrected chi connectivity index (χ2v) is 6.12. The Hall–Kier alpha value is -1.98. The van der Waals surface area contributed by atoms with Gasteiger partial charge in [0.15, 0.2) is 11.6 Å². The van der Waals surface area contributed by atoms with Crippen LogP contribution < -0.4 is 11.1 Å². The first-order valence-corrected chi connectivity index (χ1v) is 7.93. The highest BCUT2D eigenvalue weighted by molar-refractivity contribution is 5.85. The molecular weight excluding hydrogens is 346 g/mol. The van der Waals surface area contributed by atoms with Crippen LogP contribution in [0.2, 0.25) is 0 Å². The summed E-state index contributed by atoms with van der Waals surface area (Å²) in [4.78, 5) is 11.9. The maximum absolute atomic E-state index is 13.5. The lowest BCUT2D eigenvalue weighted by Crippen LogP contribution is -2.33. The van der Waals surface area contributed by atoms with Gasteiger partial charge >= 0.3 is 0 Å². The highest BCUT2D eigenvalue weighted by atomic mass is 35.5. The topological polar surface area (TPSA) is 55.1 Å². The molecule has 1 atom stereocenters. The lowest BCUT2D eigenvalue weighted by molar-refractivity contribution is -0.120. The van der Waals surface area contributed by atoms with E-state index in [4.69, 9.17) is 5.73 Å². The molecule has 0 aliphatic carbocycles. The quantitative estimate of drug-likeness (QED) is 0.813. The third kappa shape index (κ3) is 5.80. The van der Waals surface area contributed by atoms with Crippen molar-refractivity contribution in [2.24, 2.45) is 5.73 Å². The van der Waals surface area contributed by atoms with Crippen LogP contribution in [0.4, 0.5) is 8.78 Å². The van der Waals surface area contributed by atoms with Crippen molar-refractivity contribution in [1.29, 1.82) is 0 Å². The molecule has 2 aromatic rings. The van der Waals surface area contributed by atoms with E-state index in [1.54, 1.807) is 0 Å². The molecular formula is C19H23ClF2N2O. The summed E-state index contributed by atoms with van der Waals surface area (Å²) in [6.07, 6.45) is -0.220. The molecule has 0 saturated carbocycles. The highest BCUT2D eigenvalue weighted by Gasteiger charge is 2.13. The number of amides is 1. The van der Waals surface area contributed by atoms with Crippen molar-refractivity contribution in [3.05, 3.63) is 70.8 Å². The minimum atomic E-state index is -0.985. The second kappa shape index (κ2) is 9.49. The fourth-order valence-corrected chi connectivity index (χ4v) is 2.39. The standard InChI is InChI=1S/C19H22F2N2O.ClH/c1-12(2)13-6-8-14(9-7-13)17(22)11-23-18(24)10-15-4-3-5-16(20)19(15)21;/h3-9,12,17H,10-11,22H2,1-2H3,(H,23,24);1H. The van der Waals surface area contributed by atoms with E-state index in [-0.39, 0.29) is 37.0 Å². The van der Waals surface area contributed by atoms with Crippen molar-refractivity contribution in [2.75, 3.05) is 6.54 Å². The average Bonchev–Trinajstić information content (AvgIpc) is 2.57. The van der Waals surface area contributed by atoms with E-state index in [9.17, 15) is 13.6 Å². The van der Waals surface area contributed by atoms with Gasteiger partial charge in [0.05, 0.1) is 6.42 Å². The predicted molar refractivity (Wildman–Crippen MR) is 97.8 cm³/mol. The van der Waals surface area contributed by atoms with Gasteiger partial charge in [-0.3, -0.25) is 4.79 Å². The van der Waals surface area contributed by atoms with E-state index in [0.717, 1.165) is 11.6 Å². The van der Waals surface area contributed by atoms with Crippen LogP contribution in [0.3, 0.4) is 0 Å². The first-order valence-electron chi connectivity index (χ1n) is 7.93. The summed E-state index contributed by atoms with van der Waals surface area (Å²) < 4.78 is 26.7. The van der Waals surface area contributed by atoms with Crippen LogP contribution in [0.5, 0.6) is 0 Å². The van der Waals surface area contributed by atoms with Crippen molar-refractivity contribution in [3.8, 4) is 0 Å². The summed E-state index contributed by atoms with van der Waals surface area (Å²) in [6.45, 7) is 4.46. The molecule has 0 radical (unpaired) electrons. The van der Waals surface area contributed by atoms with E-state index in [1.165, 1.54) is 17.7 Å². The summed E-state index contributed by atoms with van der Waals surface area (Å²) in [7, 11) is 0. The Morgan fingerprint density at radius 2 is 1.68 bits per heavy atom. The molecule has 3 nitrogen and oxygen atoms in total. The molecule has 0 saturated heterocycles. The summed E-state index contributed by atoms with van der Waals surface area (Å²) in [5.41, 5.74) is 8.23. The van der Waals surface area contributed by atoms with Gasteiger partial charge in [-0.05, 0) is 23.1 Å². The Balaban J connectivity index is 0.00000312. The zero-order chi connectivity index (χ0) is 17.7. The molecule has 0 spiro atoms. The van der Waals surface area contributed by atoms with Crippen LogP contribution in [-0.4, -0.2) is 12.5 Å². The Morgan fingerprint density at radius 3 is 2.28 bits per heavy atom. The van der Waals surface area contributed by atoms with Gasteiger partial charge in [-0.2, -0.15) is 0 Å². The van der Waals surface area contributed by atoms with Crippen molar-refractivity contribution in [1.82, 2.24) is 5.32 Å². The summed E-state index contributed by atoms with van der Waals surface area (Å²) in [5, 5.41) is 2.66. The number of nitrogens with two attached hydrogens (primary N) is 1. The van der Waals surface area contributed by atoms with Crippen LogP contribution in [-0.2, 0) is 11.2 Å². The molecule has 0 heterocycles. The molecule has 0 aromatic heterocycles. The number of nitrogens with one attached hydrogen (secondary N) is 1. The van der Waals surface area contributed by atoms with Gasteiger partial charge in [0.1, 0.15) is 0 Å². The van der Waals surface area contributed by atoms with E-state index >= 15 is 0 Å². The number of halogens is 3. The predicted octanol–water partition coefficient (Wildman–Crippen LogP) is 3.87. The molecule has 0 fully saturated rings. The lowest BCUT2D eigenvalue weighted by atomic mass is 9.99. The first kappa shape index (κ1) is 21.1. The highest BCUT2D eigenvalue weighted by Crippen LogP contribution is 2.17. The first-order chi connectivity index (χ1) is 11.4. The molecule has 1 amide bonds. The van der Waals surface area contributed by atoms with Crippen molar-refractivity contribution in [2.45, 2.75) is 32.2 Å². The van der Waals surface area contributed by atoms with Crippen LogP contribution in [0.15, 0.2) is 42.5 Å². The van der Waals surface area contributed by atoms with Gasteiger partial charge < -0.3 is 11.1 Å². The van der Waals surface area contributed by atoms with E-state index in [2.05, 4.69) is 19.2 Å². The minimum Gasteiger partial charge on any atom is -0.354 e. The smallest absolute Gasteiger partial charge is 0.224 e. The van der Waals surface area contributed by atoms with Crippen molar-refractivity contribution in [3.63, 3.8) is 0 Å². The van der Waals surface area contributed by atoms with Gasteiger partial charge in [0, 0.05) is 18.2 Å². The molecule has 2 aromatic carbocycles. The van der Waals surface area contributed by atoms with Crippen molar-refractivity contribution < 1.29 is 13.6 Å². The second-order valence-electron chi connectivity index (χ2n) is 6.12. The molecule has 136 valence electrons. The van der Waals surface area contributed by atoms with Crippen LogP contribution in [0.25, 0.3) is 0 Å². The number of carbonyl (C=O) groups is 1. The van der Waals surface area contributed by atoms with E-state index < -0.39 is 17.5 Å². The molecule has 0 aliphatic rings. The normalized spacial score (nSPS) is 11.8. The number of rotatable bonds is 6. The Morgan fingerprint density at radius 1 is 1.08 bits per heavy atom. The SMILES string of the molecule is CC(C)c1ccc(C(N)CNC(=O)Cc2cccc(F)c2F)cc1.Cl. The van der Waals surface area contributed by atoms with Crippen LogP contribution in [0.1, 0.15) is 42.5 Å². The Labute approximate surface area is 153 Å². The monoisotopic (exact) mass is 368 g/mol. The average molecular weight is 369 g/mol. The molecule has 0 bridgehead atoms. The maximum atomic E-state index is 13.5. The zero-order valence-corrected chi connectivity index (χ0v) is 15.1. The van der Waals surface area contributed by atoms with Gasteiger partial charge in [-0.1, -0.05) is 50.2 Å².